The maximum absolute atomic E-state index is 14.4. The average Bonchev–Trinajstić information content (AvgIpc) is 2.75. The second-order valence-electron chi connectivity index (χ2n) is 7.18. The fourth-order valence-corrected chi connectivity index (χ4v) is 2.56. The molecule has 1 saturated heterocycles. The summed E-state index contributed by atoms with van der Waals surface area (Å²) in [5.74, 6) is -1.95. The molecule has 2 aromatic carbocycles. The van der Waals surface area contributed by atoms with Gasteiger partial charge in [-0.15, -0.1) is 0 Å². The highest BCUT2D eigenvalue weighted by atomic mass is 19.1. The van der Waals surface area contributed by atoms with Gasteiger partial charge in [0, 0.05) is 0 Å². The van der Waals surface area contributed by atoms with Crippen molar-refractivity contribution in [3.63, 3.8) is 0 Å². The molecule has 132 valence electrons. The zero-order valence-electron chi connectivity index (χ0n) is 14.8. The number of hydrogen-bond acceptors (Lipinski definition) is 3. The van der Waals surface area contributed by atoms with E-state index in [-0.39, 0.29) is 6.61 Å². The van der Waals surface area contributed by atoms with E-state index in [0.717, 1.165) is 5.56 Å². The van der Waals surface area contributed by atoms with Crippen LogP contribution in [0.1, 0.15) is 33.3 Å². The van der Waals surface area contributed by atoms with E-state index in [4.69, 9.17) is 14.0 Å². The van der Waals surface area contributed by atoms with Gasteiger partial charge in [-0.3, -0.25) is 0 Å². The van der Waals surface area contributed by atoms with Gasteiger partial charge in [0.25, 0.3) is 0 Å². The van der Waals surface area contributed by atoms with E-state index in [1.54, 1.807) is 0 Å². The third-order valence-electron chi connectivity index (χ3n) is 4.77. The SMILES string of the molecule is CC1(C)OB(c2cc(F)c(OCc3ccccc3)c(F)c2)OC1(C)C. The van der Waals surface area contributed by atoms with Crippen molar-refractivity contribution >= 4 is 12.6 Å². The standard InChI is InChI=1S/C19H21BF2O3/c1-18(2)19(3,4)25-20(24-18)14-10-15(21)17(16(22)11-14)23-12-13-8-6-5-7-9-13/h5-11H,12H2,1-4H3. The first-order valence-corrected chi connectivity index (χ1v) is 8.21. The van der Waals surface area contributed by atoms with Gasteiger partial charge in [-0.05, 0) is 50.9 Å². The molecule has 1 fully saturated rings. The molecule has 0 atom stereocenters. The van der Waals surface area contributed by atoms with Crippen molar-refractivity contribution in [2.45, 2.75) is 45.5 Å². The van der Waals surface area contributed by atoms with Gasteiger partial charge in [-0.25, -0.2) is 8.78 Å². The van der Waals surface area contributed by atoms with E-state index in [2.05, 4.69) is 0 Å². The number of halogens is 2. The maximum atomic E-state index is 14.4. The Morgan fingerprint density at radius 2 is 1.44 bits per heavy atom. The van der Waals surface area contributed by atoms with Crippen molar-refractivity contribution in [3.05, 3.63) is 59.7 Å². The molecule has 25 heavy (non-hydrogen) atoms. The van der Waals surface area contributed by atoms with E-state index in [1.165, 1.54) is 12.1 Å². The predicted molar refractivity (Wildman–Crippen MR) is 92.8 cm³/mol. The molecule has 1 aliphatic heterocycles. The van der Waals surface area contributed by atoms with Crippen LogP contribution >= 0.6 is 0 Å². The first-order valence-electron chi connectivity index (χ1n) is 8.21. The zero-order valence-corrected chi connectivity index (χ0v) is 14.8. The fraction of sp³-hybridized carbons (Fsp3) is 0.368. The quantitative estimate of drug-likeness (QED) is 0.788. The first kappa shape index (κ1) is 17.9. The van der Waals surface area contributed by atoms with Crippen LogP contribution in [0.3, 0.4) is 0 Å². The minimum atomic E-state index is -0.822. The predicted octanol–water partition coefficient (Wildman–Crippen LogP) is 3.84. The summed E-state index contributed by atoms with van der Waals surface area (Å²) >= 11 is 0. The molecule has 3 nitrogen and oxygen atoms in total. The van der Waals surface area contributed by atoms with Crippen LogP contribution in [0.25, 0.3) is 0 Å². The van der Waals surface area contributed by atoms with Crippen molar-refractivity contribution in [1.82, 2.24) is 0 Å². The lowest BCUT2D eigenvalue weighted by molar-refractivity contribution is 0.00578. The molecule has 0 aliphatic carbocycles. The van der Waals surface area contributed by atoms with Crippen LogP contribution < -0.4 is 10.2 Å². The van der Waals surface area contributed by atoms with Crippen molar-refractivity contribution in [3.8, 4) is 5.75 Å². The van der Waals surface area contributed by atoms with E-state index >= 15 is 0 Å². The van der Waals surface area contributed by atoms with E-state index in [0.29, 0.717) is 5.46 Å². The van der Waals surface area contributed by atoms with Crippen LogP contribution in [0.5, 0.6) is 5.75 Å². The molecular formula is C19H21BF2O3. The van der Waals surface area contributed by atoms with Crippen LogP contribution in [-0.4, -0.2) is 18.3 Å². The highest BCUT2D eigenvalue weighted by Gasteiger charge is 2.52. The molecule has 0 aromatic heterocycles. The number of ether oxygens (including phenoxy) is 1. The number of hydrogen-bond donors (Lipinski definition) is 0. The topological polar surface area (TPSA) is 27.7 Å². The summed E-state index contributed by atoms with van der Waals surface area (Å²) in [6.07, 6.45) is 0. The van der Waals surface area contributed by atoms with Crippen molar-refractivity contribution in [2.75, 3.05) is 0 Å². The summed E-state index contributed by atoms with van der Waals surface area (Å²) < 4.78 is 45.7. The molecular weight excluding hydrogens is 325 g/mol. The average molecular weight is 346 g/mol. The van der Waals surface area contributed by atoms with Crippen LogP contribution in [0, 0.1) is 11.6 Å². The molecule has 0 N–H and O–H groups in total. The van der Waals surface area contributed by atoms with Crippen molar-refractivity contribution in [2.24, 2.45) is 0 Å². The molecule has 0 spiro atoms. The Morgan fingerprint density at radius 3 is 1.96 bits per heavy atom. The van der Waals surface area contributed by atoms with Gasteiger partial charge >= 0.3 is 7.12 Å². The molecule has 1 aliphatic rings. The van der Waals surface area contributed by atoms with Crippen LogP contribution in [0.4, 0.5) is 8.78 Å². The highest BCUT2D eigenvalue weighted by Crippen LogP contribution is 2.36. The number of benzene rings is 2. The van der Waals surface area contributed by atoms with Gasteiger partial charge < -0.3 is 14.0 Å². The second-order valence-corrected chi connectivity index (χ2v) is 7.18. The van der Waals surface area contributed by atoms with Gasteiger partial charge in [0.2, 0.25) is 0 Å². The Morgan fingerprint density at radius 1 is 0.920 bits per heavy atom. The Kier molecular flexibility index (Phi) is 4.60. The molecule has 0 saturated carbocycles. The Bertz CT molecular complexity index is 724. The maximum Gasteiger partial charge on any atom is 0.495 e. The van der Waals surface area contributed by atoms with Crippen molar-refractivity contribution < 1.29 is 22.8 Å². The Hall–Kier alpha value is -1.92. The van der Waals surface area contributed by atoms with Gasteiger partial charge in [-0.1, -0.05) is 30.3 Å². The van der Waals surface area contributed by atoms with Crippen LogP contribution in [-0.2, 0) is 15.9 Å². The molecule has 2 aromatic rings. The normalized spacial score (nSPS) is 18.4. The minimum Gasteiger partial charge on any atom is -0.483 e. The smallest absolute Gasteiger partial charge is 0.483 e. The molecule has 0 amide bonds. The third kappa shape index (κ3) is 3.55. The summed E-state index contributed by atoms with van der Waals surface area (Å²) in [7, 11) is -0.822. The van der Waals surface area contributed by atoms with Gasteiger partial charge in [-0.2, -0.15) is 0 Å². The van der Waals surface area contributed by atoms with E-state index in [1.807, 2.05) is 58.0 Å². The Labute approximate surface area is 147 Å². The van der Waals surface area contributed by atoms with Crippen LogP contribution in [0.15, 0.2) is 42.5 Å². The minimum absolute atomic E-state index is 0.0878. The lowest BCUT2D eigenvalue weighted by Gasteiger charge is -2.32. The van der Waals surface area contributed by atoms with E-state index < -0.39 is 35.7 Å². The molecule has 6 heteroatoms. The lowest BCUT2D eigenvalue weighted by atomic mass is 9.79. The van der Waals surface area contributed by atoms with Gasteiger partial charge in [0.1, 0.15) is 6.61 Å². The van der Waals surface area contributed by atoms with Crippen LogP contribution in [0.2, 0.25) is 0 Å². The van der Waals surface area contributed by atoms with Gasteiger partial charge in [0.15, 0.2) is 17.4 Å². The summed E-state index contributed by atoms with van der Waals surface area (Å²) in [4.78, 5) is 0. The molecule has 0 unspecified atom stereocenters. The summed E-state index contributed by atoms with van der Waals surface area (Å²) in [5.41, 5.74) is -0.0303. The molecule has 1 heterocycles. The fourth-order valence-electron chi connectivity index (χ4n) is 2.56. The summed E-state index contributed by atoms with van der Waals surface area (Å²) in [6, 6.07) is 11.6. The number of rotatable bonds is 4. The third-order valence-corrected chi connectivity index (χ3v) is 4.77. The molecule has 0 radical (unpaired) electrons. The second kappa shape index (κ2) is 6.43. The largest absolute Gasteiger partial charge is 0.495 e. The highest BCUT2D eigenvalue weighted by molar-refractivity contribution is 6.62. The lowest BCUT2D eigenvalue weighted by Crippen LogP contribution is -2.41. The zero-order chi connectivity index (χ0) is 18.2. The monoisotopic (exact) mass is 346 g/mol. The van der Waals surface area contributed by atoms with Gasteiger partial charge in [0.05, 0.1) is 11.2 Å². The first-order chi connectivity index (χ1) is 11.7. The van der Waals surface area contributed by atoms with Crippen molar-refractivity contribution in [1.29, 1.82) is 0 Å². The Balaban J connectivity index is 1.79. The van der Waals surface area contributed by atoms with E-state index in [9.17, 15) is 8.78 Å². The molecule has 3 rings (SSSR count). The summed E-state index contributed by atoms with van der Waals surface area (Å²) in [6.45, 7) is 7.63. The summed E-state index contributed by atoms with van der Waals surface area (Å²) in [5, 5.41) is 0. The molecule has 0 bridgehead atoms.